The second-order valence-electron chi connectivity index (χ2n) is 4.74. The van der Waals surface area contributed by atoms with Crippen LogP contribution in [0.15, 0.2) is 41.7 Å². The van der Waals surface area contributed by atoms with E-state index >= 15 is 0 Å². The molecule has 0 N–H and O–H groups in total. The van der Waals surface area contributed by atoms with Crippen LogP contribution < -0.4 is 0 Å². The normalized spacial score (nSPS) is 12.3. The van der Waals surface area contributed by atoms with Crippen molar-refractivity contribution in [3.8, 4) is 11.4 Å². The van der Waals surface area contributed by atoms with Crippen molar-refractivity contribution in [3.05, 3.63) is 36.7 Å². The van der Waals surface area contributed by atoms with E-state index in [1.54, 1.807) is 16.9 Å². The van der Waals surface area contributed by atoms with Crippen molar-refractivity contribution < 1.29 is 9.53 Å². The van der Waals surface area contributed by atoms with Crippen molar-refractivity contribution >= 4 is 23.4 Å². The molecule has 0 saturated heterocycles. The van der Waals surface area contributed by atoms with Gasteiger partial charge in [0.2, 0.25) is 0 Å². The highest BCUT2D eigenvalue weighted by Crippen LogP contribution is 2.25. The fraction of sp³-hybridized carbons (Fsp3) is 0.267. The molecule has 23 heavy (non-hydrogen) atoms. The summed E-state index contributed by atoms with van der Waals surface area (Å²) in [5.74, 6) is 0.359. The first-order chi connectivity index (χ1) is 11.2. The second-order valence-corrected chi connectivity index (χ2v) is 5.97. The number of rotatable bonds is 5. The Balaban J connectivity index is 1.96. The lowest BCUT2D eigenvalue weighted by molar-refractivity contribution is -0.140. The van der Waals surface area contributed by atoms with Gasteiger partial charge < -0.3 is 4.74 Å². The van der Waals surface area contributed by atoms with Crippen molar-refractivity contribution in [1.29, 1.82) is 0 Å². The largest absolute Gasteiger partial charge is 0.468 e. The fourth-order valence-corrected chi connectivity index (χ4v) is 3.01. The van der Waals surface area contributed by atoms with E-state index in [9.17, 15) is 4.79 Å². The van der Waals surface area contributed by atoms with Gasteiger partial charge in [-0.2, -0.15) is 9.61 Å². The van der Waals surface area contributed by atoms with E-state index < -0.39 is 0 Å². The smallest absolute Gasteiger partial charge is 0.319 e. The van der Waals surface area contributed by atoms with Gasteiger partial charge in [0, 0.05) is 18.0 Å². The third kappa shape index (κ3) is 3.16. The van der Waals surface area contributed by atoms with E-state index in [0.717, 1.165) is 5.56 Å². The van der Waals surface area contributed by atoms with Gasteiger partial charge in [0.15, 0.2) is 11.5 Å². The molecule has 0 radical (unpaired) electrons. The number of carbonyl (C=O) groups excluding carboxylic acids is 1. The Hall–Kier alpha value is -2.48. The van der Waals surface area contributed by atoms with Gasteiger partial charge in [0.05, 0.1) is 7.11 Å². The number of aromatic nitrogens is 5. The number of ether oxygens (including phenoxy) is 1. The van der Waals surface area contributed by atoms with E-state index in [-0.39, 0.29) is 11.2 Å². The molecule has 0 aliphatic rings. The minimum absolute atomic E-state index is 0.254. The molecule has 3 aromatic heterocycles. The summed E-state index contributed by atoms with van der Waals surface area (Å²) in [6.45, 7) is 1.94. The van der Waals surface area contributed by atoms with Crippen molar-refractivity contribution in [2.75, 3.05) is 7.11 Å². The number of thioether (sulfide) groups is 1. The summed E-state index contributed by atoms with van der Waals surface area (Å²) in [6, 6.07) is 7.38. The molecular weight excluding hydrogens is 314 g/mol. The Morgan fingerprint density at radius 2 is 2.22 bits per heavy atom. The number of carbonyl (C=O) groups is 1. The van der Waals surface area contributed by atoms with Crippen molar-refractivity contribution in [3.63, 3.8) is 0 Å². The van der Waals surface area contributed by atoms with Crippen LogP contribution in [-0.2, 0) is 9.53 Å². The fourth-order valence-electron chi connectivity index (χ4n) is 2.09. The summed E-state index contributed by atoms with van der Waals surface area (Å²) in [4.78, 5) is 15.8. The summed E-state index contributed by atoms with van der Waals surface area (Å²) in [5, 5.41) is 13.2. The zero-order valence-corrected chi connectivity index (χ0v) is 13.5. The topological polar surface area (TPSA) is 82.3 Å². The molecule has 3 rings (SSSR count). The van der Waals surface area contributed by atoms with E-state index in [2.05, 4.69) is 20.3 Å². The molecule has 7 nitrogen and oxygen atoms in total. The highest BCUT2D eigenvalue weighted by atomic mass is 32.2. The predicted octanol–water partition coefficient (Wildman–Crippen LogP) is 2.23. The number of esters is 1. The Labute approximate surface area is 137 Å². The van der Waals surface area contributed by atoms with Crippen LogP contribution in [0, 0.1) is 0 Å². The van der Waals surface area contributed by atoms with Gasteiger partial charge in [-0.3, -0.25) is 9.78 Å². The van der Waals surface area contributed by atoms with E-state index in [0.29, 0.717) is 22.9 Å². The van der Waals surface area contributed by atoms with Gasteiger partial charge in [0.1, 0.15) is 10.3 Å². The van der Waals surface area contributed by atoms with E-state index in [4.69, 9.17) is 4.74 Å². The van der Waals surface area contributed by atoms with Gasteiger partial charge in [0.25, 0.3) is 0 Å². The number of hydrogen-bond donors (Lipinski definition) is 0. The maximum atomic E-state index is 11.7. The van der Waals surface area contributed by atoms with Crippen LogP contribution in [0.4, 0.5) is 0 Å². The molecule has 0 spiro atoms. The Morgan fingerprint density at radius 1 is 1.35 bits per heavy atom. The molecule has 0 fully saturated rings. The highest BCUT2D eigenvalue weighted by Gasteiger charge is 2.20. The molecule has 0 saturated carbocycles. The molecule has 3 aromatic rings. The van der Waals surface area contributed by atoms with Crippen LogP contribution in [0.5, 0.6) is 0 Å². The molecule has 0 unspecified atom stereocenters. The summed E-state index contributed by atoms with van der Waals surface area (Å²) in [6.07, 6.45) is 4.07. The average Bonchev–Trinajstić information content (AvgIpc) is 3.03. The van der Waals surface area contributed by atoms with Crippen LogP contribution >= 0.6 is 11.8 Å². The summed E-state index contributed by atoms with van der Waals surface area (Å²) in [7, 11) is 1.39. The SMILES string of the molecule is CC[C@H](Sc1ccc2nnc(-c3cccnc3)n2n1)C(=O)OC. The maximum absolute atomic E-state index is 11.7. The third-order valence-electron chi connectivity index (χ3n) is 3.26. The molecular formula is C15H15N5O2S. The molecule has 8 heteroatoms. The Kier molecular flexibility index (Phi) is 4.52. The van der Waals surface area contributed by atoms with Gasteiger partial charge in [-0.05, 0) is 30.7 Å². The first-order valence-electron chi connectivity index (χ1n) is 7.10. The van der Waals surface area contributed by atoms with Gasteiger partial charge in [-0.25, -0.2) is 0 Å². The van der Waals surface area contributed by atoms with E-state index in [1.165, 1.54) is 18.9 Å². The quantitative estimate of drug-likeness (QED) is 0.524. The van der Waals surface area contributed by atoms with Gasteiger partial charge >= 0.3 is 5.97 Å². The lowest BCUT2D eigenvalue weighted by Gasteiger charge is -2.11. The molecule has 0 aliphatic carbocycles. The second kappa shape index (κ2) is 6.74. The summed E-state index contributed by atoms with van der Waals surface area (Å²) >= 11 is 1.37. The van der Waals surface area contributed by atoms with Crippen molar-refractivity contribution in [2.45, 2.75) is 23.6 Å². The molecule has 0 aliphatic heterocycles. The minimum atomic E-state index is -0.289. The molecule has 0 aromatic carbocycles. The predicted molar refractivity (Wildman–Crippen MR) is 86.0 cm³/mol. The number of nitrogens with zero attached hydrogens (tertiary/aromatic N) is 5. The zero-order valence-electron chi connectivity index (χ0n) is 12.7. The van der Waals surface area contributed by atoms with Crippen molar-refractivity contribution in [1.82, 2.24) is 24.8 Å². The average molecular weight is 329 g/mol. The van der Waals surface area contributed by atoms with Gasteiger partial charge in [-0.1, -0.05) is 18.7 Å². The molecule has 118 valence electrons. The summed E-state index contributed by atoms with van der Waals surface area (Å²) < 4.78 is 6.47. The van der Waals surface area contributed by atoms with Crippen LogP contribution in [0.1, 0.15) is 13.3 Å². The van der Waals surface area contributed by atoms with Gasteiger partial charge in [-0.15, -0.1) is 10.2 Å². The third-order valence-corrected chi connectivity index (χ3v) is 4.53. The van der Waals surface area contributed by atoms with Crippen molar-refractivity contribution in [2.24, 2.45) is 0 Å². The van der Waals surface area contributed by atoms with Crippen LogP contribution in [-0.4, -0.2) is 43.1 Å². The first-order valence-corrected chi connectivity index (χ1v) is 7.98. The van der Waals surface area contributed by atoms with Crippen LogP contribution in [0.3, 0.4) is 0 Å². The van der Waals surface area contributed by atoms with Crippen LogP contribution in [0.25, 0.3) is 17.0 Å². The zero-order chi connectivity index (χ0) is 16.2. The minimum Gasteiger partial charge on any atom is -0.468 e. The monoisotopic (exact) mass is 329 g/mol. The Bertz CT molecular complexity index is 821. The number of pyridine rings is 1. The highest BCUT2D eigenvalue weighted by molar-refractivity contribution is 8.00. The Morgan fingerprint density at radius 3 is 2.91 bits per heavy atom. The molecule has 1 atom stereocenters. The molecule has 0 bridgehead atoms. The van der Waals surface area contributed by atoms with E-state index in [1.807, 2.05) is 31.2 Å². The number of hydrogen-bond acceptors (Lipinski definition) is 7. The lowest BCUT2D eigenvalue weighted by Crippen LogP contribution is -2.18. The molecule has 3 heterocycles. The molecule has 0 amide bonds. The maximum Gasteiger partial charge on any atom is 0.319 e. The standard InChI is InChI=1S/C15H15N5O2S/c1-3-11(15(21)22-2)23-13-7-6-12-17-18-14(20(12)19-13)10-5-4-8-16-9-10/h4-9,11H,3H2,1-2H3/t11-/m0/s1. The lowest BCUT2D eigenvalue weighted by atomic mass is 10.3. The number of methoxy groups -OCH3 is 1. The first kappa shape index (κ1) is 15.4. The summed E-state index contributed by atoms with van der Waals surface area (Å²) in [5.41, 5.74) is 1.47. The number of fused-ring (bicyclic) bond motifs is 1. The van der Waals surface area contributed by atoms with Crippen LogP contribution in [0.2, 0.25) is 0 Å².